The summed E-state index contributed by atoms with van der Waals surface area (Å²) < 4.78 is 0. The zero-order valence-electron chi connectivity index (χ0n) is 13.7. The standard InChI is InChI=1S/C21H14N4O/c26-21(22-14-6-2-1-3-7-14)13-10-11-16-15(12-13)19-20(24-16)25-18-9-5-4-8-17(18)23-19/h1-12H,(H,22,26)(H,24,25). The average Bonchev–Trinajstić information content (AvgIpc) is 3.03. The highest BCUT2D eigenvalue weighted by atomic mass is 16.1. The summed E-state index contributed by atoms with van der Waals surface area (Å²) in [5.74, 6) is -0.152. The first kappa shape index (κ1) is 14.6. The van der Waals surface area contributed by atoms with E-state index in [9.17, 15) is 4.79 Å². The number of hydrogen-bond donors (Lipinski definition) is 2. The first-order valence-corrected chi connectivity index (χ1v) is 8.32. The Balaban J connectivity index is 1.62. The molecule has 5 nitrogen and oxygen atoms in total. The quantitative estimate of drug-likeness (QED) is 0.497. The number of nitrogens with one attached hydrogen (secondary N) is 2. The Labute approximate surface area is 148 Å². The molecule has 2 aromatic heterocycles. The highest BCUT2D eigenvalue weighted by Gasteiger charge is 2.12. The maximum atomic E-state index is 12.6. The summed E-state index contributed by atoms with van der Waals surface area (Å²) >= 11 is 0. The molecule has 2 N–H and O–H groups in total. The van der Waals surface area contributed by atoms with E-state index in [-0.39, 0.29) is 5.91 Å². The number of anilines is 1. The minimum Gasteiger partial charge on any atom is -0.338 e. The van der Waals surface area contributed by atoms with Crippen molar-refractivity contribution in [3.8, 4) is 0 Å². The Morgan fingerprint density at radius 3 is 2.38 bits per heavy atom. The van der Waals surface area contributed by atoms with Gasteiger partial charge in [-0.2, -0.15) is 0 Å². The fourth-order valence-electron chi connectivity index (χ4n) is 3.12. The summed E-state index contributed by atoms with van der Waals surface area (Å²) in [7, 11) is 0. The number of carbonyl (C=O) groups is 1. The van der Waals surface area contributed by atoms with Crippen molar-refractivity contribution in [3.05, 3.63) is 78.4 Å². The van der Waals surface area contributed by atoms with Gasteiger partial charge in [0.25, 0.3) is 5.91 Å². The Morgan fingerprint density at radius 1 is 0.846 bits per heavy atom. The van der Waals surface area contributed by atoms with E-state index < -0.39 is 0 Å². The predicted octanol–water partition coefficient (Wildman–Crippen LogP) is 4.52. The van der Waals surface area contributed by atoms with Gasteiger partial charge >= 0.3 is 0 Å². The van der Waals surface area contributed by atoms with Gasteiger partial charge in [0.1, 0.15) is 5.52 Å². The topological polar surface area (TPSA) is 70.7 Å². The number of carbonyl (C=O) groups excluding carboxylic acids is 1. The predicted molar refractivity (Wildman–Crippen MR) is 103 cm³/mol. The molecule has 0 aliphatic carbocycles. The van der Waals surface area contributed by atoms with Crippen LogP contribution < -0.4 is 5.32 Å². The van der Waals surface area contributed by atoms with Crippen LogP contribution in [0.15, 0.2) is 72.8 Å². The third-order valence-corrected chi connectivity index (χ3v) is 4.39. The minimum absolute atomic E-state index is 0.152. The molecule has 0 radical (unpaired) electrons. The second-order valence-electron chi connectivity index (χ2n) is 6.12. The monoisotopic (exact) mass is 338 g/mol. The number of rotatable bonds is 2. The normalized spacial score (nSPS) is 11.2. The van der Waals surface area contributed by atoms with E-state index in [4.69, 9.17) is 4.98 Å². The molecule has 26 heavy (non-hydrogen) atoms. The van der Waals surface area contributed by atoms with Crippen LogP contribution in [-0.2, 0) is 0 Å². The molecule has 0 atom stereocenters. The molecule has 1 amide bonds. The van der Waals surface area contributed by atoms with Crippen LogP contribution >= 0.6 is 0 Å². The zero-order chi connectivity index (χ0) is 17.5. The van der Waals surface area contributed by atoms with Crippen LogP contribution in [0.1, 0.15) is 10.4 Å². The molecule has 5 heteroatoms. The van der Waals surface area contributed by atoms with Gasteiger partial charge in [-0.1, -0.05) is 30.3 Å². The van der Waals surface area contributed by atoms with E-state index in [0.717, 1.165) is 38.8 Å². The molecular formula is C21H14N4O. The van der Waals surface area contributed by atoms with Crippen LogP contribution in [0.4, 0.5) is 5.69 Å². The van der Waals surface area contributed by atoms with Gasteiger partial charge in [0.2, 0.25) is 0 Å². The van der Waals surface area contributed by atoms with Gasteiger partial charge in [-0.05, 0) is 42.5 Å². The lowest BCUT2D eigenvalue weighted by atomic mass is 10.1. The third-order valence-electron chi connectivity index (χ3n) is 4.39. The van der Waals surface area contributed by atoms with Gasteiger partial charge in [0, 0.05) is 22.2 Å². The van der Waals surface area contributed by atoms with E-state index in [1.54, 1.807) is 6.07 Å². The molecule has 0 fully saturated rings. The maximum Gasteiger partial charge on any atom is 0.255 e. The Hall–Kier alpha value is -3.73. The maximum absolute atomic E-state index is 12.6. The molecule has 0 aliphatic heterocycles. The number of nitrogens with zero attached hydrogens (tertiary/aromatic N) is 2. The molecule has 5 aromatic rings. The van der Waals surface area contributed by atoms with Gasteiger partial charge < -0.3 is 10.3 Å². The highest BCUT2D eigenvalue weighted by Crippen LogP contribution is 2.26. The molecule has 0 spiro atoms. The Kier molecular flexibility index (Phi) is 3.18. The van der Waals surface area contributed by atoms with E-state index in [0.29, 0.717) is 5.56 Å². The Morgan fingerprint density at radius 2 is 1.58 bits per heavy atom. The zero-order valence-corrected chi connectivity index (χ0v) is 13.7. The van der Waals surface area contributed by atoms with E-state index >= 15 is 0 Å². The number of benzene rings is 3. The van der Waals surface area contributed by atoms with Crippen molar-refractivity contribution in [1.29, 1.82) is 0 Å². The number of aromatic amines is 1. The van der Waals surface area contributed by atoms with E-state index in [1.165, 1.54) is 0 Å². The van der Waals surface area contributed by atoms with Crippen molar-refractivity contribution < 1.29 is 4.79 Å². The van der Waals surface area contributed by atoms with Gasteiger partial charge in [-0.25, -0.2) is 9.97 Å². The van der Waals surface area contributed by atoms with Gasteiger partial charge in [-0.3, -0.25) is 4.79 Å². The van der Waals surface area contributed by atoms with E-state index in [1.807, 2.05) is 66.7 Å². The van der Waals surface area contributed by atoms with Crippen LogP contribution in [-0.4, -0.2) is 20.9 Å². The molecule has 0 unspecified atom stereocenters. The lowest BCUT2D eigenvalue weighted by molar-refractivity contribution is 0.102. The van der Waals surface area contributed by atoms with Crippen molar-refractivity contribution in [2.24, 2.45) is 0 Å². The molecular weight excluding hydrogens is 324 g/mol. The number of hydrogen-bond acceptors (Lipinski definition) is 3. The molecule has 0 saturated heterocycles. The molecule has 5 rings (SSSR count). The van der Waals surface area contributed by atoms with Crippen molar-refractivity contribution in [3.63, 3.8) is 0 Å². The fourth-order valence-corrected chi connectivity index (χ4v) is 3.12. The summed E-state index contributed by atoms with van der Waals surface area (Å²) in [6.07, 6.45) is 0. The van der Waals surface area contributed by atoms with E-state index in [2.05, 4.69) is 15.3 Å². The number of aromatic nitrogens is 3. The van der Waals surface area contributed by atoms with Crippen LogP contribution in [0, 0.1) is 0 Å². The molecule has 0 bridgehead atoms. The van der Waals surface area contributed by atoms with Crippen LogP contribution in [0.25, 0.3) is 33.1 Å². The summed E-state index contributed by atoms with van der Waals surface area (Å²) in [5, 5.41) is 3.80. The largest absolute Gasteiger partial charge is 0.338 e. The fraction of sp³-hybridized carbons (Fsp3) is 0. The second kappa shape index (κ2) is 5.67. The minimum atomic E-state index is -0.152. The van der Waals surface area contributed by atoms with Crippen molar-refractivity contribution in [2.75, 3.05) is 5.32 Å². The summed E-state index contributed by atoms with van der Waals surface area (Å²) in [4.78, 5) is 25.2. The molecule has 124 valence electrons. The summed E-state index contributed by atoms with van der Waals surface area (Å²) in [6.45, 7) is 0. The molecule has 3 aromatic carbocycles. The number of H-pyrrole nitrogens is 1. The summed E-state index contributed by atoms with van der Waals surface area (Å²) in [5.41, 5.74) is 5.42. The Bertz CT molecular complexity index is 1270. The molecule has 0 aliphatic rings. The SMILES string of the molecule is O=C(Nc1ccccc1)c1ccc2[nH]c3nc4ccccc4nc3c2c1. The first-order chi connectivity index (χ1) is 12.8. The second-order valence-corrected chi connectivity index (χ2v) is 6.12. The van der Waals surface area contributed by atoms with Crippen molar-refractivity contribution >= 4 is 44.7 Å². The van der Waals surface area contributed by atoms with Crippen molar-refractivity contribution in [1.82, 2.24) is 15.0 Å². The van der Waals surface area contributed by atoms with Gasteiger partial charge in [0.05, 0.1) is 11.0 Å². The smallest absolute Gasteiger partial charge is 0.255 e. The lowest BCUT2D eigenvalue weighted by Gasteiger charge is -2.05. The van der Waals surface area contributed by atoms with Crippen LogP contribution in [0.2, 0.25) is 0 Å². The third kappa shape index (κ3) is 2.38. The number of amides is 1. The molecule has 2 heterocycles. The first-order valence-electron chi connectivity index (χ1n) is 8.32. The molecule has 0 saturated carbocycles. The van der Waals surface area contributed by atoms with Crippen molar-refractivity contribution in [2.45, 2.75) is 0 Å². The highest BCUT2D eigenvalue weighted by molar-refractivity contribution is 6.11. The van der Waals surface area contributed by atoms with Gasteiger partial charge in [-0.15, -0.1) is 0 Å². The van der Waals surface area contributed by atoms with Gasteiger partial charge in [0.15, 0.2) is 5.65 Å². The van der Waals surface area contributed by atoms with Crippen LogP contribution in [0.3, 0.4) is 0 Å². The van der Waals surface area contributed by atoms with Crippen LogP contribution in [0.5, 0.6) is 0 Å². The average molecular weight is 338 g/mol. The number of fused-ring (bicyclic) bond motifs is 4. The number of para-hydroxylation sites is 3. The lowest BCUT2D eigenvalue weighted by Crippen LogP contribution is -2.11. The summed E-state index contributed by atoms with van der Waals surface area (Å²) in [6, 6.07) is 22.7.